The minimum atomic E-state index is -1.20. The number of aromatic nitrogens is 1. The third-order valence-corrected chi connectivity index (χ3v) is 3.80. The van der Waals surface area contributed by atoms with Crippen LogP contribution in [0.15, 0.2) is 29.2 Å². The summed E-state index contributed by atoms with van der Waals surface area (Å²) < 4.78 is 35.9. The van der Waals surface area contributed by atoms with Gasteiger partial charge in [-0.15, -0.1) is 0 Å². The Kier molecular flexibility index (Phi) is 5.71. The predicted octanol–water partition coefficient (Wildman–Crippen LogP) is 1.84. The second-order valence-electron chi connectivity index (χ2n) is 5.29. The maximum absolute atomic E-state index is 13.6. The lowest BCUT2D eigenvalue weighted by atomic mass is 9.87. The Balaban J connectivity index is 2.69. The molecule has 0 fully saturated rings. The van der Waals surface area contributed by atoms with E-state index in [0.29, 0.717) is 0 Å². The van der Waals surface area contributed by atoms with Crippen molar-refractivity contribution in [3.63, 3.8) is 0 Å². The largest absolute Gasteiger partial charge is 0.506 e. The molecule has 138 valence electrons. The lowest BCUT2D eigenvalue weighted by molar-refractivity contribution is -0.140. The van der Waals surface area contributed by atoms with Crippen LogP contribution in [0.4, 0.5) is 8.78 Å². The van der Waals surface area contributed by atoms with Gasteiger partial charge < -0.3 is 19.6 Å². The van der Waals surface area contributed by atoms with Crippen molar-refractivity contribution < 1.29 is 33.0 Å². The topological polar surface area (TPSA) is 106 Å². The van der Waals surface area contributed by atoms with Crippen LogP contribution in [-0.2, 0) is 14.3 Å². The number of aromatic hydroxyl groups is 1. The van der Waals surface area contributed by atoms with E-state index in [1.54, 1.807) is 0 Å². The first-order valence-corrected chi connectivity index (χ1v) is 7.34. The van der Waals surface area contributed by atoms with Gasteiger partial charge in [-0.25, -0.2) is 13.6 Å². The zero-order chi connectivity index (χ0) is 19.4. The van der Waals surface area contributed by atoms with E-state index in [0.717, 1.165) is 38.6 Å². The molecule has 0 radical (unpaired) electrons. The Bertz CT molecular complexity index is 909. The summed E-state index contributed by atoms with van der Waals surface area (Å²) in [4.78, 5) is 38.0. The van der Waals surface area contributed by atoms with E-state index in [2.05, 4.69) is 14.5 Å². The summed E-state index contributed by atoms with van der Waals surface area (Å²) in [6.07, 6.45) is 0.496. The Labute approximate surface area is 146 Å². The number of H-pyrrole nitrogens is 1. The van der Waals surface area contributed by atoms with Gasteiger partial charge in [0.1, 0.15) is 11.3 Å². The molecule has 26 heavy (non-hydrogen) atoms. The number of ether oxygens (including phenoxy) is 2. The van der Waals surface area contributed by atoms with Crippen molar-refractivity contribution in [2.75, 3.05) is 14.2 Å². The van der Waals surface area contributed by atoms with Gasteiger partial charge in [-0.05, 0) is 17.7 Å². The van der Waals surface area contributed by atoms with Crippen molar-refractivity contribution in [3.8, 4) is 5.75 Å². The summed E-state index contributed by atoms with van der Waals surface area (Å²) in [5, 5.41) is 10.4. The van der Waals surface area contributed by atoms with Crippen LogP contribution in [0.3, 0.4) is 0 Å². The monoisotopic (exact) mass is 367 g/mol. The third-order valence-electron chi connectivity index (χ3n) is 3.80. The van der Waals surface area contributed by atoms with E-state index in [4.69, 9.17) is 0 Å². The lowest BCUT2D eigenvalue weighted by Crippen LogP contribution is -2.22. The van der Waals surface area contributed by atoms with Gasteiger partial charge in [0, 0.05) is 12.1 Å². The molecule has 2 N–H and O–H groups in total. The Morgan fingerprint density at radius 3 is 2.46 bits per heavy atom. The molecule has 0 aliphatic carbocycles. The smallest absolute Gasteiger partial charge is 0.343 e. The third kappa shape index (κ3) is 3.71. The van der Waals surface area contributed by atoms with Crippen molar-refractivity contribution in [2.24, 2.45) is 0 Å². The number of rotatable bonds is 5. The van der Waals surface area contributed by atoms with Gasteiger partial charge >= 0.3 is 11.9 Å². The fourth-order valence-corrected chi connectivity index (χ4v) is 2.49. The van der Waals surface area contributed by atoms with Gasteiger partial charge in [-0.1, -0.05) is 6.07 Å². The maximum Gasteiger partial charge on any atom is 0.343 e. The van der Waals surface area contributed by atoms with Gasteiger partial charge in [0.05, 0.1) is 26.2 Å². The Hall–Kier alpha value is -3.23. The molecule has 0 aliphatic heterocycles. The van der Waals surface area contributed by atoms with Crippen LogP contribution >= 0.6 is 0 Å². The predicted molar refractivity (Wildman–Crippen MR) is 84.9 cm³/mol. The number of hydrogen-bond donors (Lipinski definition) is 2. The van der Waals surface area contributed by atoms with Crippen LogP contribution in [0.2, 0.25) is 0 Å². The van der Waals surface area contributed by atoms with E-state index in [-0.39, 0.29) is 16.7 Å². The SMILES string of the molecule is COC(=O)C[C@H](c1ccc(F)c(F)c1)c1c(O)c(C(=O)OC)c[nH]c1=O. The van der Waals surface area contributed by atoms with E-state index in [1.165, 1.54) is 0 Å². The number of aromatic amines is 1. The molecule has 0 saturated heterocycles. The molecule has 7 nitrogen and oxygen atoms in total. The van der Waals surface area contributed by atoms with Crippen LogP contribution < -0.4 is 5.56 Å². The van der Waals surface area contributed by atoms with Crippen LogP contribution in [0.5, 0.6) is 5.75 Å². The first-order valence-electron chi connectivity index (χ1n) is 7.34. The van der Waals surface area contributed by atoms with Gasteiger partial charge in [0.15, 0.2) is 11.6 Å². The maximum atomic E-state index is 13.6. The molecule has 0 spiro atoms. The van der Waals surface area contributed by atoms with Crippen molar-refractivity contribution >= 4 is 11.9 Å². The zero-order valence-electron chi connectivity index (χ0n) is 13.8. The molecule has 0 aliphatic rings. The van der Waals surface area contributed by atoms with E-state index in [9.17, 15) is 28.3 Å². The van der Waals surface area contributed by atoms with Gasteiger partial charge in [0.2, 0.25) is 0 Å². The highest BCUT2D eigenvalue weighted by molar-refractivity contribution is 5.92. The molecule has 1 aromatic heterocycles. The summed E-state index contributed by atoms with van der Waals surface area (Å²) in [5.41, 5.74) is -1.49. The number of methoxy groups -OCH3 is 2. The summed E-state index contributed by atoms with van der Waals surface area (Å²) in [5.74, 6) is -5.92. The second kappa shape index (κ2) is 7.77. The molecule has 2 aromatic rings. The molecular weight excluding hydrogens is 352 g/mol. The van der Waals surface area contributed by atoms with Gasteiger partial charge in [-0.2, -0.15) is 0 Å². The lowest BCUT2D eigenvalue weighted by Gasteiger charge is -2.18. The summed E-state index contributed by atoms with van der Waals surface area (Å²) in [7, 11) is 2.19. The highest BCUT2D eigenvalue weighted by Crippen LogP contribution is 2.34. The van der Waals surface area contributed by atoms with Crippen molar-refractivity contribution in [2.45, 2.75) is 12.3 Å². The molecular formula is C17H15F2NO6. The quantitative estimate of drug-likeness (QED) is 0.781. The second-order valence-corrected chi connectivity index (χ2v) is 5.29. The standard InChI is InChI=1S/C17H15F2NO6/c1-25-13(21)6-9(8-3-4-11(18)12(19)5-8)14-15(22)10(17(24)26-2)7-20-16(14)23/h3-5,7,9H,6H2,1-2H3,(H2,20,22,23)/t9-/m1/s1. The zero-order valence-corrected chi connectivity index (χ0v) is 13.8. The highest BCUT2D eigenvalue weighted by atomic mass is 19.2. The summed E-state index contributed by atoms with van der Waals surface area (Å²) in [6.45, 7) is 0. The number of pyridine rings is 1. The molecule has 1 atom stereocenters. The molecule has 1 heterocycles. The van der Waals surface area contributed by atoms with Crippen LogP contribution in [0, 0.1) is 11.6 Å². The minimum Gasteiger partial charge on any atom is -0.506 e. The first-order chi connectivity index (χ1) is 12.3. The fraction of sp³-hybridized carbons (Fsp3) is 0.235. The number of hydrogen-bond acceptors (Lipinski definition) is 6. The fourth-order valence-electron chi connectivity index (χ4n) is 2.49. The molecule has 0 unspecified atom stereocenters. The number of esters is 2. The number of carbonyl (C=O) groups excluding carboxylic acids is 2. The Morgan fingerprint density at radius 1 is 1.19 bits per heavy atom. The van der Waals surface area contributed by atoms with E-state index < -0.39 is 47.2 Å². The van der Waals surface area contributed by atoms with E-state index >= 15 is 0 Å². The van der Waals surface area contributed by atoms with Crippen LogP contribution in [0.25, 0.3) is 0 Å². The van der Waals surface area contributed by atoms with Crippen LogP contribution in [-0.4, -0.2) is 36.2 Å². The van der Waals surface area contributed by atoms with Crippen molar-refractivity contribution in [3.05, 3.63) is 63.1 Å². The minimum absolute atomic E-state index is 0.0390. The van der Waals surface area contributed by atoms with Gasteiger partial charge in [0.25, 0.3) is 5.56 Å². The molecule has 0 bridgehead atoms. The molecule has 2 rings (SSSR count). The molecule has 1 aromatic carbocycles. The number of benzene rings is 1. The number of carbonyl (C=O) groups is 2. The van der Waals surface area contributed by atoms with Crippen LogP contribution in [0.1, 0.15) is 33.8 Å². The highest BCUT2D eigenvalue weighted by Gasteiger charge is 2.28. The van der Waals surface area contributed by atoms with Crippen molar-refractivity contribution in [1.29, 1.82) is 0 Å². The summed E-state index contributed by atoms with van der Waals surface area (Å²) in [6, 6.07) is 2.78. The van der Waals surface area contributed by atoms with E-state index in [1.807, 2.05) is 0 Å². The average Bonchev–Trinajstić information content (AvgIpc) is 2.62. The number of halogens is 2. The molecule has 9 heteroatoms. The van der Waals surface area contributed by atoms with Gasteiger partial charge in [-0.3, -0.25) is 9.59 Å². The normalized spacial score (nSPS) is 11.7. The summed E-state index contributed by atoms with van der Waals surface area (Å²) >= 11 is 0. The Morgan fingerprint density at radius 2 is 1.88 bits per heavy atom. The number of nitrogens with one attached hydrogen (secondary N) is 1. The molecule has 0 saturated carbocycles. The molecule has 0 amide bonds. The first kappa shape index (κ1) is 19.1. The van der Waals surface area contributed by atoms with Crippen molar-refractivity contribution in [1.82, 2.24) is 4.98 Å². The average molecular weight is 367 g/mol.